The molecule has 0 aliphatic heterocycles. The highest BCUT2D eigenvalue weighted by Crippen LogP contribution is 2.20. The Morgan fingerprint density at radius 1 is 1.59 bits per heavy atom. The molecule has 2 aromatic heterocycles. The fourth-order valence-corrected chi connectivity index (χ4v) is 1.56. The Morgan fingerprint density at radius 2 is 2.41 bits per heavy atom. The monoisotopic (exact) mass is 295 g/mol. The van der Waals surface area contributed by atoms with Crippen LogP contribution in [-0.2, 0) is 6.42 Å². The Balaban J connectivity index is 2.14. The Morgan fingerprint density at radius 3 is 3.06 bits per heavy atom. The number of nitrogens with one attached hydrogen (secondary N) is 2. The molecule has 0 aliphatic rings. The van der Waals surface area contributed by atoms with Crippen molar-refractivity contribution in [3.8, 4) is 0 Å². The van der Waals surface area contributed by atoms with Crippen LogP contribution in [0.1, 0.15) is 23.4 Å². The molecule has 2 heterocycles. The average molecular weight is 296 g/mol. The first-order chi connectivity index (χ1) is 8.20. The van der Waals surface area contributed by atoms with E-state index in [4.69, 9.17) is 0 Å². The summed E-state index contributed by atoms with van der Waals surface area (Å²) < 4.78 is 0.708. The van der Waals surface area contributed by atoms with E-state index in [-0.39, 0.29) is 11.7 Å². The average Bonchev–Trinajstić information content (AvgIpc) is 2.81. The number of amides is 1. The number of aromatic amines is 1. The SMILES string of the molecule is CCc1nc(C(=O)Nc2ccncc2Br)n[nH]1. The van der Waals surface area contributed by atoms with E-state index in [0.717, 1.165) is 0 Å². The molecule has 0 saturated heterocycles. The molecule has 7 heteroatoms. The summed E-state index contributed by atoms with van der Waals surface area (Å²) in [6.07, 6.45) is 3.90. The largest absolute Gasteiger partial charge is 0.318 e. The smallest absolute Gasteiger partial charge is 0.295 e. The minimum Gasteiger partial charge on any atom is -0.318 e. The summed E-state index contributed by atoms with van der Waals surface area (Å²) in [5.74, 6) is 0.461. The van der Waals surface area contributed by atoms with Gasteiger partial charge in [0.15, 0.2) is 0 Å². The van der Waals surface area contributed by atoms with E-state index in [2.05, 4.69) is 41.4 Å². The van der Waals surface area contributed by atoms with Crippen molar-refractivity contribution in [2.75, 3.05) is 5.32 Å². The zero-order valence-corrected chi connectivity index (χ0v) is 10.7. The summed E-state index contributed by atoms with van der Waals surface area (Å²) in [5, 5.41) is 9.22. The molecule has 0 unspecified atom stereocenters. The number of carbonyl (C=O) groups excluding carboxylic acids is 1. The second-order valence-electron chi connectivity index (χ2n) is 3.27. The van der Waals surface area contributed by atoms with Crippen molar-refractivity contribution in [2.24, 2.45) is 0 Å². The highest BCUT2D eigenvalue weighted by atomic mass is 79.9. The van der Waals surface area contributed by atoms with Gasteiger partial charge in [-0.1, -0.05) is 6.92 Å². The van der Waals surface area contributed by atoms with Gasteiger partial charge in [-0.05, 0) is 22.0 Å². The van der Waals surface area contributed by atoms with Crippen molar-refractivity contribution in [3.63, 3.8) is 0 Å². The van der Waals surface area contributed by atoms with E-state index in [1.54, 1.807) is 18.5 Å². The van der Waals surface area contributed by atoms with E-state index >= 15 is 0 Å². The minimum atomic E-state index is -0.354. The maximum Gasteiger partial charge on any atom is 0.295 e. The molecule has 2 rings (SSSR count). The number of rotatable bonds is 3. The van der Waals surface area contributed by atoms with Crippen molar-refractivity contribution in [2.45, 2.75) is 13.3 Å². The van der Waals surface area contributed by atoms with Crippen LogP contribution in [0.5, 0.6) is 0 Å². The normalized spacial score (nSPS) is 10.2. The van der Waals surface area contributed by atoms with E-state index in [1.807, 2.05) is 6.92 Å². The first kappa shape index (κ1) is 11.7. The molecule has 0 aliphatic carbocycles. The summed E-state index contributed by atoms with van der Waals surface area (Å²) in [4.78, 5) is 19.7. The number of halogens is 1. The van der Waals surface area contributed by atoms with Gasteiger partial charge in [0, 0.05) is 18.8 Å². The maximum absolute atomic E-state index is 11.8. The molecule has 0 saturated carbocycles. The highest BCUT2D eigenvalue weighted by Gasteiger charge is 2.13. The topological polar surface area (TPSA) is 83.6 Å². The number of carbonyl (C=O) groups is 1. The van der Waals surface area contributed by atoms with Crippen LogP contribution in [0.4, 0.5) is 5.69 Å². The molecule has 17 heavy (non-hydrogen) atoms. The predicted molar refractivity (Wildman–Crippen MR) is 65.7 cm³/mol. The van der Waals surface area contributed by atoms with Gasteiger partial charge >= 0.3 is 0 Å². The van der Waals surface area contributed by atoms with Crippen LogP contribution in [0.3, 0.4) is 0 Å². The molecule has 6 nitrogen and oxygen atoms in total. The van der Waals surface area contributed by atoms with Gasteiger partial charge in [0.1, 0.15) is 5.82 Å². The van der Waals surface area contributed by atoms with Gasteiger partial charge in [0.2, 0.25) is 5.82 Å². The Labute approximate surface area is 106 Å². The molecule has 0 radical (unpaired) electrons. The summed E-state index contributed by atoms with van der Waals surface area (Å²) in [6.45, 7) is 1.93. The standard InChI is InChI=1S/C10H10BrN5O/c1-2-8-14-9(16-15-8)10(17)13-7-3-4-12-5-6(7)11/h3-5H,2H2,1H3,(H,12,13,17)(H,14,15,16). The molecule has 88 valence electrons. The van der Waals surface area contributed by atoms with Gasteiger partial charge < -0.3 is 5.32 Å². The summed E-state index contributed by atoms with van der Waals surface area (Å²) in [5.41, 5.74) is 0.632. The Bertz CT molecular complexity index is 539. The third-order valence-corrected chi connectivity index (χ3v) is 2.72. The summed E-state index contributed by atoms with van der Waals surface area (Å²) in [7, 11) is 0. The molecular weight excluding hydrogens is 286 g/mol. The van der Waals surface area contributed by atoms with Crippen LogP contribution in [0, 0.1) is 0 Å². The Hall–Kier alpha value is -1.76. The highest BCUT2D eigenvalue weighted by molar-refractivity contribution is 9.10. The van der Waals surface area contributed by atoms with Gasteiger partial charge in [-0.3, -0.25) is 14.9 Å². The van der Waals surface area contributed by atoms with Crippen LogP contribution >= 0.6 is 15.9 Å². The third kappa shape index (κ3) is 2.68. The van der Waals surface area contributed by atoms with Crippen molar-refractivity contribution in [1.29, 1.82) is 0 Å². The molecule has 0 spiro atoms. The lowest BCUT2D eigenvalue weighted by atomic mass is 10.4. The molecule has 2 N–H and O–H groups in total. The molecule has 0 aromatic carbocycles. The first-order valence-corrected chi connectivity index (χ1v) is 5.82. The molecule has 1 amide bonds. The fraction of sp³-hybridized carbons (Fsp3) is 0.200. The second kappa shape index (κ2) is 5.05. The van der Waals surface area contributed by atoms with Crippen molar-refractivity contribution < 1.29 is 4.79 Å². The number of nitrogens with zero attached hydrogens (tertiary/aromatic N) is 3. The van der Waals surface area contributed by atoms with E-state index in [0.29, 0.717) is 22.4 Å². The number of hydrogen-bond donors (Lipinski definition) is 2. The number of pyridine rings is 1. The summed E-state index contributed by atoms with van der Waals surface area (Å²) in [6, 6.07) is 1.69. The Kier molecular flexibility index (Phi) is 3.48. The van der Waals surface area contributed by atoms with Crippen LogP contribution in [0.15, 0.2) is 22.9 Å². The molecule has 0 fully saturated rings. The third-order valence-electron chi connectivity index (χ3n) is 2.09. The van der Waals surface area contributed by atoms with E-state index in [9.17, 15) is 4.79 Å². The first-order valence-electron chi connectivity index (χ1n) is 5.03. The van der Waals surface area contributed by atoms with Gasteiger partial charge in [-0.25, -0.2) is 4.98 Å². The lowest BCUT2D eigenvalue weighted by Crippen LogP contribution is -2.14. The van der Waals surface area contributed by atoms with Crippen LogP contribution in [0.2, 0.25) is 0 Å². The quantitative estimate of drug-likeness (QED) is 0.904. The summed E-state index contributed by atoms with van der Waals surface area (Å²) >= 11 is 3.29. The molecule has 0 atom stereocenters. The molecular formula is C10H10BrN5O. The second-order valence-corrected chi connectivity index (χ2v) is 4.12. The number of aromatic nitrogens is 4. The molecule has 2 aromatic rings. The van der Waals surface area contributed by atoms with Crippen LogP contribution in [0.25, 0.3) is 0 Å². The zero-order chi connectivity index (χ0) is 12.3. The number of aryl methyl sites for hydroxylation is 1. The van der Waals surface area contributed by atoms with Gasteiger partial charge in [0.05, 0.1) is 10.2 Å². The van der Waals surface area contributed by atoms with Gasteiger partial charge in [0.25, 0.3) is 5.91 Å². The van der Waals surface area contributed by atoms with Gasteiger partial charge in [-0.15, -0.1) is 5.10 Å². The lowest BCUT2D eigenvalue weighted by molar-refractivity contribution is 0.101. The number of H-pyrrole nitrogens is 1. The fourth-order valence-electron chi connectivity index (χ4n) is 1.21. The van der Waals surface area contributed by atoms with Crippen molar-refractivity contribution in [1.82, 2.24) is 20.2 Å². The molecule has 0 bridgehead atoms. The van der Waals surface area contributed by atoms with Crippen molar-refractivity contribution >= 4 is 27.5 Å². The lowest BCUT2D eigenvalue weighted by Gasteiger charge is -2.03. The minimum absolute atomic E-state index is 0.130. The number of hydrogen-bond acceptors (Lipinski definition) is 4. The number of anilines is 1. The predicted octanol–water partition coefficient (Wildman–Crippen LogP) is 1.78. The van der Waals surface area contributed by atoms with E-state index < -0.39 is 0 Å². The van der Waals surface area contributed by atoms with Crippen LogP contribution < -0.4 is 5.32 Å². The van der Waals surface area contributed by atoms with Crippen LogP contribution in [-0.4, -0.2) is 26.1 Å². The zero-order valence-electron chi connectivity index (χ0n) is 9.07. The van der Waals surface area contributed by atoms with Gasteiger partial charge in [-0.2, -0.15) is 0 Å². The van der Waals surface area contributed by atoms with E-state index in [1.165, 1.54) is 0 Å². The van der Waals surface area contributed by atoms with Crippen molar-refractivity contribution in [3.05, 3.63) is 34.6 Å². The maximum atomic E-state index is 11.8.